The van der Waals surface area contributed by atoms with Gasteiger partial charge >= 0.3 is 0 Å². The van der Waals surface area contributed by atoms with Crippen LogP contribution in [0, 0.1) is 6.92 Å². The molecule has 0 spiro atoms. The normalized spacial score (nSPS) is 17.3. The Bertz CT molecular complexity index is 972. The summed E-state index contributed by atoms with van der Waals surface area (Å²) in [6.07, 6.45) is 1.49. The molecule has 6 heteroatoms. The molecule has 0 radical (unpaired) electrons. The number of morpholine rings is 1. The van der Waals surface area contributed by atoms with Crippen molar-refractivity contribution in [3.63, 3.8) is 0 Å². The number of aromatic hydroxyl groups is 1. The van der Waals surface area contributed by atoms with Crippen LogP contribution in [0.3, 0.4) is 0 Å². The molecule has 1 aliphatic heterocycles. The van der Waals surface area contributed by atoms with Gasteiger partial charge in [-0.25, -0.2) is 0 Å². The molecule has 3 aromatic rings. The van der Waals surface area contributed by atoms with E-state index in [1.807, 2.05) is 31.2 Å². The lowest BCUT2D eigenvalue weighted by Gasteiger charge is -2.32. The third-order valence-corrected chi connectivity index (χ3v) is 4.67. The molecule has 4 rings (SSSR count). The Morgan fingerprint density at radius 1 is 1.22 bits per heavy atom. The second kappa shape index (κ2) is 7.25. The Morgan fingerprint density at radius 3 is 2.85 bits per heavy atom. The van der Waals surface area contributed by atoms with Gasteiger partial charge in [0.05, 0.1) is 6.54 Å². The number of fused-ring (bicyclic) bond motifs is 1. The van der Waals surface area contributed by atoms with Crippen molar-refractivity contribution in [1.29, 1.82) is 0 Å². The second-order valence-electron chi connectivity index (χ2n) is 6.54. The summed E-state index contributed by atoms with van der Waals surface area (Å²) in [6.45, 7) is 2.75. The largest absolute Gasteiger partial charge is 0.508 e. The number of benzene rings is 2. The number of amides is 1. The Balaban J connectivity index is 1.48. The molecule has 1 aromatic heterocycles. The van der Waals surface area contributed by atoms with Gasteiger partial charge in [-0.05, 0) is 48.9 Å². The molecule has 1 saturated heterocycles. The highest BCUT2D eigenvalue weighted by molar-refractivity contribution is 5.95. The first-order valence-electron chi connectivity index (χ1n) is 8.80. The molecule has 138 valence electrons. The fourth-order valence-corrected chi connectivity index (χ4v) is 3.20. The SMILES string of the molecule is Cc1ccc(OCC2CN(c3ccc(O)cc3)C(=O)CO2)c2ncccc12. The molecule has 1 atom stereocenters. The molecule has 1 unspecified atom stereocenters. The number of ether oxygens (including phenoxy) is 2. The van der Waals surface area contributed by atoms with Crippen molar-refractivity contribution < 1.29 is 19.4 Å². The van der Waals surface area contributed by atoms with E-state index in [0.29, 0.717) is 18.9 Å². The lowest BCUT2D eigenvalue weighted by atomic mass is 10.1. The van der Waals surface area contributed by atoms with Crippen LogP contribution in [0.5, 0.6) is 11.5 Å². The zero-order chi connectivity index (χ0) is 18.8. The molecule has 2 heterocycles. The van der Waals surface area contributed by atoms with Crippen LogP contribution in [0.25, 0.3) is 10.9 Å². The van der Waals surface area contributed by atoms with E-state index in [9.17, 15) is 9.90 Å². The second-order valence-corrected chi connectivity index (χ2v) is 6.54. The van der Waals surface area contributed by atoms with E-state index in [2.05, 4.69) is 4.98 Å². The van der Waals surface area contributed by atoms with Crippen LogP contribution in [0.2, 0.25) is 0 Å². The number of carbonyl (C=O) groups is 1. The van der Waals surface area contributed by atoms with Gasteiger partial charge in [0.25, 0.3) is 5.91 Å². The molecule has 0 aliphatic carbocycles. The van der Waals surface area contributed by atoms with Crippen molar-refractivity contribution in [2.45, 2.75) is 13.0 Å². The first-order valence-corrected chi connectivity index (χ1v) is 8.80. The van der Waals surface area contributed by atoms with Crippen LogP contribution in [0.1, 0.15) is 5.56 Å². The maximum atomic E-state index is 12.2. The Labute approximate surface area is 157 Å². The van der Waals surface area contributed by atoms with Crippen LogP contribution < -0.4 is 9.64 Å². The van der Waals surface area contributed by atoms with Gasteiger partial charge in [-0.3, -0.25) is 9.78 Å². The molecule has 27 heavy (non-hydrogen) atoms. The Morgan fingerprint density at radius 2 is 2.04 bits per heavy atom. The summed E-state index contributed by atoms with van der Waals surface area (Å²) in [5.74, 6) is 0.755. The standard InChI is InChI=1S/C21H20N2O4/c1-14-4-9-19(21-18(14)3-2-10-22-21)27-12-17-11-23(20(25)13-26-17)15-5-7-16(24)8-6-15/h2-10,17,24H,11-13H2,1H3. The van der Waals surface area contributed by atoms with Crippen LogP contribution in [-0.4, -0.2) is 41.9 Å². The number of phenols is 1. The van der Waals surface area contributed by atoms with Gasteiger partial charge in [-0.2, -0.15) is 0 Å². The number of aromatic nitrogens is 1. The number of anilines is 1. The third kappa shape index (κ3) is 3.57. The van der Waals surface area contributed by atoms with Crippen molar-refractivity contribution in [2.75, 3.05) is 24.7 Å². The predicted molar refractivity (Wildman–Crippen MR) is 102 cm³/mol. The van der Waals surface area contributed by atoms with Crippen molar-refractivity contribution in [2.24, 2.45) is 0 Å². The van der Waals surface area contributed by atoms with Gasteiger partial charge in [0.1, 0.15) is 36.3 Å². The molecular formula is C21H20N2O4. The zero-order valence-corrected chi connectivity index (χ0v) is 15.0. The summed E-state index contributed by atoms with van der Waals surface area (Å²) in [5.41, 5.74) is 2.69. The predicted octanol–water partition coefficient (Wildman–Crippen LogP) is 3.06. The molecule has 1 amide bonds. The maximum absolute atomic E-state index is 12.2. The molecule has 6 nitrogen and oxygen atoms in total. The minimum Gasteiger partial charge on any atom is -0.508 e. The minimum absolute atomic E-state index is 0.00178. The molecule has 1 fully saturated rings. The van der Waals surface area contributed by atoms with E-state index in [-0.39, 0.29) is 24.4 Å². The minimum atomic E-state index is -0.253. The van der Waals surface area contributed by atoms with E-state index in [0.717, 1.165) is 22.2 Å². The summed E-state index contributed by atoms with van der Waals surface area (Å²) < 4.78 is 11.6. The smallest absolute Gasteiger partial charge is 0.253 e. The van der Waals surface area contributed by atoms with Crippen molar-refractivity contribution >= 4 is 22.5 Å². The number of rotatable bonds is 4. The lowest BCUT2D eigenvalue weighted by molar-refractivity contribution is -0.130. The average Bonchev–Trinajstić information content (AvgIpc) is 2.69. The fraction of sp³-hybridized carbons (Fsp3) is 0.238. The topological polar surface area (TPSA) is 71.9 Å². The van der Waals surface area contributed by atoms with Gasteiger partial charge in [-0.1, -0.05) is 12.1 Å². The molecular weight excluding hydrogens is 344 g/mol. The molecule has 1 aliphatic rings. The van der Waals surface area contributed by atoms with Gasteiger partial charge in [0.15, 0.2) is 0 Å². The van der Waals surface area contributed by atoms with Gasteiger partial charge < -0.3 is 19.5 Å². The number of pyridine rings is 1. The number of carbonyl (C=O) groups excluding carboxylic acids is 1. The van der Waals surface area contributed by atoms with Gasteiger partial charge in [0, 0.05) is 17.3 Å². The summed E-state index contributed by atoms with van der Waals surface area (Å²) in [5, 5.41) is 10.5. The van der Waals surface area contributed by atoms with E-state index >= 15 is 0 Å². The van der Waals surface area contributed by atoms with Gasteiger partial charge in [-0.15, -0.1) is 0 Å². The van der Waals surface area contributed by atoms with Crippen LogP contribution in [0.4, 0.5) is 5.69 Å². The summed E-state index contributed by atoms with van der Waals surface area (Å²) >= 11 is 0. The van der Waals surface area contributed by atoms with Crippen LogP contribution >= 0.6 is 0 Å². The maximum Gasteiger partial charge on any atom is 0.253 e. The van der Waals surface area contributed by atoms with Gasteiger partial charge in [0.2, 0.25) is 0 Å². The van der Waals surface area contributed by atoms with E-state index in [1.165, 1.54) is 0 Å². The highest BCUT2D eigenvalue weighted by Gasteiger charge is 2.28. The number of phenolic OH excluding ortho intramolecular Hbond substituents is 1. The number of nitrogens with zero attached hydrogens (tertiary/aromatic N) is 2. The fourth-order valence-electron chi connectivity index (χ4n) is 3.20. The lowest BCUT2D eigenvalue weighted by Crippen LogP contribution is -2.48. The molecule has 0 bridgehead atoms. The summed E-state index contributed by atoms with van der Waals surface area (Å²) in [6, 6.07) is 14.4. The van der Waals surface area contributed by atoms with Crippen LogP contribution in [0.15, 0.2) is 54.7 Å². The highest BCUT2D eigenvalue weighted by Crippen LogP contribution is 2.27. The highest BCUT2D eigenvalue weighted by atomic mass is 16.5. The Hall–Kier alpha value is -3.12. The molecule has 1 N–H and O–H groups in total. The number of hydrogen-bond acceptors (Lipinski definition) is 5. The third-order valence-electron chi connectivity index (χ3n) is 4.67. The van der Waals surface area contributed by atoms with Crippen molar-refractivity contribution in [3.05, 3.63) is 60.3 Å². The quantitative estimate of drug-likeness (QED) is 0.770. The number of hydrogen-bond donors (Lipinski definition) is 1. The Kier molecular flexibility index (Phi) is 4.64. The first-order chi connectivity index (χ1) is 13.1. The van der Waals surface area contributed by atoms with E-state index < -0.39 is 0 Å². The molecule has 0 saturated carbocycles. The zero-order valence-electron chi connectivity index (χ0n) is 15.0. The summed E-state index contributed by atoms with van der Waals surface area (Å²) in [4.78, 5) is 18.3. The average molecular weight is 364 g/mol. The van der Waals surface area contributed by atoms with Crippen LogP contribution in [-0.2, 0) is 9.53 Å². The number of aryl methyl sites for hydroxylation is 1. The van der Waals surface area contributed by atoms with E-state index in [1.54, 1.807) is 35.4 Å². The first kappa shape index (κ1) is 17.3. The summed E-state index contributed by atoms with van der Waals surface area (Å²) in [7, 11) is 0. The molecule has 2 aromatic carbocycles. The van der Waals surface area contributed by atoms with Crippen molar-refractivity contribution in [1.82, 2.24) is 4.98 Å². The monoisotopic (exact) mass is 364 g/mol. The van der Waals surface area contributed by atoms with Crippen molar-refractivity contribution in [3.8, 4) is 11.5 Å². The van der Waals surface area contributed by atoms with E-state index in [4.69, 9.17) is 9.47 Å².